The Labute approximate surface area is 191 Å². The number of rotatable bonds is 5. The first-order chi connectivity index (χ1) is 16.1. The van der Waals surface area contributed by atoms with E-state index in [1.807, 2.05) is 24.3 Å². The molecular formula is C25H23N7O. The van der Waals surface area contributed by atoms with Crippen molar-refractivity contribution in [1.82, 2.24) is 19.9 Å². The molecule has 33 heavy (non-hydrogen) atoms. The first kappa shape index (κ1) is 20.7. The van der Waals surface area contributed by atoms with Crippen LogP contribution < -0.4 is 15.4 Å². The lowest BCUT2D eigenvalue weighted by atomic mass is 9.99. The molecule has 4 aromatic rings. The maximum absolute atomic E-state index is 9.06. The fourth-order valence-corrected chi connectivity index (χ4v) is 3.99. The molecule has 0 amide bonds. The van der Waals surface area contributed by atoms with E-state index in [2.05, 4.69) is 50.8 Å². The number of nitrogens with zero attached hydrogens (tertiary/aromatic N) is 5. The fourth-order valence-electron chi connectivity index (χ4n) is 3.99. The molecule has 0 saturated heterocycles. The number of hydrogen-bond donors (Lipinski definition) is 2. The fraction of sp³-hybridized carbons (Fsp3) is 0.200. The van der Waals surface area contributed by atoms with Gasteiger partial charge in [-0.1, -0.05) is 6.07 Å². The molecule has 3 heterocycles. The van der Waals surface area contributed by atoms with Gasteiger partial charge in [-0.05, 0) is 67.1 Å². The van der Waals surface area contributed by atoms with Crippen molar-refractivity contribution < 1.29 is 4.74 Å². The second-order valence-corrected chi connectivity index (χ2v) is 8.05. The lowest BCUT2D eigenvalue weighted by Crippen LogP contribution is -2.26. The number of fused-ring (bicyclic) bond motifs is 2. The summed E-state index contributed by atoms with van der Waals surface area (Å²) < 4.78 is 5.63. The molecule has 0 atom stereocenters. The molecule has 2 aromatic carbocycles. The number of anilines is 4. The minimum Gasteiger partial charge on any atom is -0.495 e. The predicted octanol–water partition coefficient (Wildman–Crippen LogP) is 4.38. The molecule has 8 heteroatoms. The van der Waals surface area contributed by atoms with E-state index < -0.39 is 0 Å². The van der Waals surface area contributed by atoms with Crippen molar-refractivity contribution in [2.75, 3.05) is 31.3 Å². The molecule has 2 N–H and O–H groups in total. The number of methoxy groups -OCH3 is 1. The number of benzene rings is 2. The summed E-state index contributed by atoms with van der Waals surface area (Å²) in [5.74, 6) is 1.87. The molecule has 0 spiro atoms. The van der Waals surface area contributed by atoms with E-state index in [1.165, 1.54) is 11.1 Å². The number of ether oxygens (including phenoxy) is 1. The van der Waals surface area contributed by atoms with Crippen LogP contribution in [0.25, 0.3) is 10.9 Å². The normalized spacial score (nSPS) is 13.2. The zero-order chi connectivity index (χ0) is 22.8. The Hall–Kier alpha value is -4.22. The number of hydrogen-bond acceptors (Lipinski definition) is 8. The van der Waals surface area contributed by atoms with Gasteiger partial charge in [0.25, 0.3) is 0 Å². The van der Waals surface area contributed by atoms with Gasteiger partial charge in [-0.2, -0.15) is 5.26 Å². The zero-order valence-corrected chi connectivity index (χ0v) is 18.5. The minimum absolute atomic E-state index is 0.361. The Morgan fingerprint density at radius 3 is 2.82 bits per heavy atom. The summed E-state index contributed by atoms with van der Waals surface area (Å²) in [4.78, 5) is 15.8. The van der Waals surface area contributed by atoms with Crippen LogP contribution in [-0.2, 0) is 13.0 Å². The van der Waals surface area contributed by atoms with Crippen LogP contribution in [0.3, 0.4) is 0 Å². The Kier molecular flexibility index (Phi) is 5.47. The van der Waals surface area contributed by atoms with Crippen LogP contribution in [0, 0.1) is 11.3 Å². The van der Waals surface area contributed by atoms with E-state index in [9.17, 15) is 0 Å². The Morgan fingerprint density at radius 2 is 1.97 bits per heavy atom. The summed E-state index contributed by atoms with van der Waals surface area (Å²) in [5, 5.41) is 16.5. The Bertz CT molecular complexity index is 1380. The van der Waals surface area contributed by atoms with Crippen molar-refractivity contribution >= 4 is 34.0 Å². The highest BCUT2D eigenvalue weighted by molar-refractivity contribution is 5.83. The number of pyridine rings is 1. The molecule has 0 fully saturated rings. The number of nitrogens with one attached hydrogen (secondary N) is 2. The summed E-state index contributed by atoms with van der Waals surface area (Å²) in [6.07, 6.45) is 2.80. The summed E-state index contributed by atoms with van der Waals surface area (Å²) in [6, 6.07) is 17.4. The Morgan fingerprint density at radius 1 is 1.06 bits per heavy atom. The molecule has 5 rings (SSSR count). The van der Waals surface area contributed by atoms with Crippen molar-refractivity contribution in [2.45, 2.75) is 13.0 Å². The highest BCUT2D eigenvalue weighted by atomic mass is 16.5. The monoisotopic (exact) mass is 437 g/mol. The molecular weight excluding hydrogens is 414 g/mol. The highest BCUT2D eigenvalue weighted by Crippen LogP contribution is 2.33. The van der Waals surface area contributed by atoms with E-state index in [0.717, 1.165) is 47.5 Å². The largest absolute Gasteiger partial charge is 0.495 e. The second kappa shape index (κ2) is 8.73. The SMILES string of the molecule is COc1cc2c(cc1Nc1ncc3ccc(Nc4cccc(C#N)n4)cc3n1)CN(C)CC2. The topological polar surface area (TPSA) is 99.0 Å². The van der Waals surface area contributed by atoms with Crippen LogP contribution in [0.15, 0.2) is 54.7 Å². The Balaban J connectivity index is 1.43. The maximum atomic E-state index is 9.06. The van der Waals surface area contributed by atoms with Gasteiger partial charge in [-0.3, -0.25) is 0 Å². The lowest BCUT2D eigenvalue weighted by Gasteiger charge is -2.26. The first-order valence-electron chi connectivity index (χ1n) is 10.7. The van der Waals surface area contributed by atoms with Crippen LogP contribution in [-0.4, -0.2) is 40.6 Å². The van der Waals surface area contributed by atoms with E-state index in [0.29, 0.717) is 17.5 Å². The molecule has 0 unspecified atom stereocenters. The first-order valence-corrected chi connectivity index (χ1v) is 10.7. The molecule has 0 saturated carbocycles. The van der Waals surface area contributed by atoms with Crippen molar-refractivity contribution in [3.05, 3.63) is 71.5 Å². The number of likely N-dealkylation sites (N-methyl/N-ethyl adjacent to an activating group) is 1. The van der Waals surface area contributed by atoms with Gasteiger partial charge < -0.3 is 20.3 Å². The number of nitriles is 1. The molecule has 164 valence electrons. The van der Waals surface area contributed by atoms with E-state index in [-0.39, 0.29) is 0 Å². The highest BCUT2D eigenvalue weighted by Gasteiger charge is 2.17. The maximum Gasteiger partial charge on any atom is 0.227 e. The molecule has 0 bridgehead atoms. The van der Waals surface area contributed by atoms with Crippen molar-refractivity contribution in [3.63, 3.8) is 0 Å². The van der Waals surface area contributed by atoms with Gasteiger partial charge in [0.05, 0.1) is 18.3 Å². The van der Waals surface area contributed by atoms with Gasteiger partial charge in [-0.25, -0.2) is 15.0 Å². The third-order valence-corrected chi connectivity index (χ3v) is 5.69. The van der Waals surface area contributed by atoms with Crippen LogP contribution in [0.4, 0.5) is 23.1 Å². The van der Waals surface area contributed by atoms with Gasteiger partial charge in [0.1, 0.15) is 23.3 Å². The second-order valence-electron chi connectivity index (χ2n) is 8.05. The van der Waals surface area contributed by atoms with E-state index in [1.54, 1.807) is 25.4 Å². The van der Waals surface area contributed by atoms with Gasteiger partial charge in [0, 0.05) is 30.4 Å². The van der Waals surface area contributed by atoms with Crippen LogP contribution in [0.1, 0.15) is 16.8 Å². The molecule has 0 aliphatic carbocycles. The minimum atomic E-state index is 0.361. The van der Waals surface area contributed by atoms with Crippen LogP contribution in [0.2, 0.25) is 0 Å². The van der Waals surface area contributed by atoms with Crippen molar-refractivity contribution in [1.29, 1.82) is 5.26 Å². The van der Waals surface area contributed by atoms with Crippen molar-refractivity contribution in [2.24, 2.45) is 0 Å². The van der Waals surface area contributed by atoms with E-state index in [4.69, 9.17) is 15.0 Å². The lowest BCUT2D eigenvalue weighted by molar-refractivity contribution is 0.312. The van der Waals surface area contributed by atoms with Gasteiger partial charge in [-0.15, -0.1) is 0 Å². The van der Waals surface area contributed by atoms with E-state index >= 15 is 0 Å². The third kappa shape index (κ3) is 4.40. The summed E-state index contributed by atoms with van der Waals surface area (Å²) in [7, 11) is 3.81. The molecule has 0 radical (unpaired) electrons. The standard InChI is InChI=1S/C25H23N7O/c1-32-9-8-16-11-23(33-2)22(10-18(16)15-32)31-25-27-14-17-6-7-19(12-21(17)30-25)28-24-5-3-4-20(13-26)29-24/h3-7,10-12,14H,8-9,15H2,1-2H3,(H,28,29)(H,27,30,31). The smallest absolute Gasteiger partial charge is 0.227 e. The average Bonchev–Trinajstić information content (AvgIpc) is 2.83. The quantitative estimate of drug-likeness (QED) is 0.475. The summed E-state index contributed by atoms with van der Waals surface area (Å²) >= 11 is 0. The molecule has 2 aromatic heterocycles. The summed E-state index contributed by atoms with van der Waals surface area (Å²) in [5.41, 5.74) is 5.42. The van der Waals surface area contributed by atoms with Crippen LogP contribution in [0.5, 0.6) is 5.75 Å². The number of aromatic nitrogens is 3. The predicted molar refractivity (Wildman–Crippen MR) is 128 cm³/mol. The third-order valence-electron chi connectivity index (χ3n) is 5.69. The van der Waals surface area contributed by atoms with Crippen molar-refractivity contribution in [3.8, 4) is 11.8 Å². The van der Waals surface area contributed by atoms with Gasteiger partial charge in [0.2, 0.25) is 5.95 Å². The zero-order valence-electron chi connectivity index (χ0n) is 18.5. The molecule has 8 nitrogen and oxygen atoms in total. The summed E-state index contributed by atoms with van der Waals surface area (Å²) in [6.45, 7) is 1.95. The van der Waals surface area contributed by atoms with Gasteiger partial charge in [0.15, 0.2) is 0 Å². The van der Waals surface area contributed by atoms with Gasteiger partial charge >= 0.3 is 0 Å². The molecule has 1 aliphatic heterocycles. The molecule has 1 aliphatic rings. The van der Waals surface area contributed by atoms with Crippen LogP contribution >= 0.6 is 0 Å². The average molecular weight is 438 g/mol.